The number of hydrogen-bond acceptors (Lipinski definition) is 4. The predicted octanol–water partition coefficient (Wildman–Crippen LogP) is 1.96. The number of hydrogen-bond donors (Lipinski definition) is 2. The number of rotatable bonds is 5. The summed E-state index contributed by atoms with van der Waals surface area (Å²) < 4.78 is 21.9. The number of nitrogens with one attached hydrogen (secondary N) is 1. The predicted molar refractivity (Wildman–Crippen MR) is 82.3 cm³/mol. The summed E-state index contributed by atoms with van der Waals surface area (Å²) in [4.78, 5) is 11.6. The second-order valence-electron chi connectivity index (χ2n) is 4.39. The van der Waals surface area contributed by atoms with Crippen LogP contribution in [0, 0.1) is 6.92 Å². The molecule has 0 aliphatic heterocycles. The van der Waals surface area contributed by atoms with Gasteiger partial charge in [-0.1, -0.05) is 52.5 Å². The molecule has 21 heavy (non-hydrogen) atoms. The van der Waals surface area contributed by atoms with Crippen molar-refractivity contribution in [1.82, 2.24) is 5.32 Å². The van der Waals surface area contributed by atoms with Gasteiger partial charge in [-0.2, -0.15) is 0 Å². The Bertz CT molecular complexity index is 596. The fraction of sp³-hybridized carbons (Fsp3) is 0.417. The molecule has 0 bridgehead atoms. The fourth-order valence-corrected chi connectivity index (χ4v) is 2.80. The summed E-state index contributed by atoms with van der Waals surface area (Å²) in [6.07, 6.45) is -2.06. The molecule has 1 aromatic rings. The first-order valence-electron chi connectivity index (χ1n) is 5.86. The van der Waals surface area contributed by atoms with E-state index < -0.39 is 31.5 Å². The van der Waals surface area contributed by atoms with E-state index in [2.05, 4.69) is 0 Å². The van der Waals surface area contributed by atoms with Crippen LogP contribution in [0.5, 0.6) is 0 Å². The fourth-order valence-electron chi connectivity index (χ4n) is 1.40. The van der Waals surface area contributed by atoms with Crippen molar-refractivity contribution in [3.8, 4) is 0 Å². The molecule has 118 valence electrons. The van der Waals surface area contributed by atoms with E-state index in [1.54, 1.807) is 12.1 Å². The molecular weight excluding hydrogens is 361 g/mol. The van der Waals surface area contributed by atoms with Crippen molar-refractivity contribution in [1.29, 1.82) is 0 Å². The molecule has 0 saturated carbocycles. The molecular formula is C12H14Cl3NO4S. The summed E-state index contributed by atoms with van der Waals surface area (Å²) >= 11 is 16.1. The van der Waals surface area contributed by atoms with E-state index in [0.29, 0.717) is 0 Å². The molecule has 0 heterocycles. The standard InChI is InChI=1S/C12H14Cl3NO4S/c1-8-2-4-9(5-3-8)21(19,20)7-6-10(17)16-11(18)12(13,14)15/h2-5,11,18H,6-7H2,1H3,(H,16,17)/t11-/m0/s1. The lowest BCUT2D eigenvalue weighted by molar-refractivity contribution is -0.123. The van der Waals surface area contributed by atoms with Gasteiger partial charge >= 0.3 is 0 Å². The molecule has 1 rings (SSSR count). The first-order chi connectivity index (χ1) is 9.52. The Morgan fingerprint density at radius 3 is 2.29 bits per heavy atom. The van der Waals surface area contributed by atoms with Crippen LogP contribution in [-0.2, 0) is 14.6 Å². The second-order valence-corrected chi connectivity index (χ2v) is 8.87. The number of alkyl halides is 3. The summed E-state index contributed by atoms with van der Waals surface area (Å²) in [5.41, 5.74) is 0.928. The minimum Gasteiger partial charge on any atom is -0.369 e. The summed E-state index contributed by atoms with van der Waals surface area (Å²) in [6.45, 7) is 1.84. The van der Waals surface area contributed by atoms with Crippen LogP contribution in [0.15, 0.2) is 29.2 Å². The van der Waals surface area contributed by atoms with Crippen LogP contribution in [0.1, 0.15) is 12.0 Å². The van der Waals surface area contributed by atoms with Crippen molar-refractivity contribution >= 4 is 50.5 Å². The zero-order valence-corrected chi connectivity index (χ0v) is 14.1. The second kappa shape index (κ2) is 7.15. The molecule has 0 fully saturated rings. The van der Waals surface area contributed by atoms with Gasteiger partial charge in [0.05, 0.1) is 10.6 Å². The SMILES string of the molecule is Cc1ccc(S(=O)(=O)CCC(=O)N[C@@H](O)C(Cl)(Cl)Cl)cc1. The zero-order valence-electron chi connectivity index (χ0n) is 11.0. The number of aryl methyl sites for hydroxylation is 1. The van der Waals surface area contributed by atoms with Crippen molar-refractivity contribution < 1.29 is 18.3 Å². The van der Waals surface area contributed by atoms with E-state index in [1.165, 1.54) is 12.1 Å². The first kappa shape index (κ1) is 18.5. The van der Waals surface area contributed by atoms with Gasteiger partial charge in [0.15, 0.2) is 16.1 Å². The highest BCUT2D eigenvalue weighted by Crippen LogP contribution is 2.28. The molecule has 0 aromatic heterocycles. The lowest BCUT2D eigenvalue weighted by atomic mass is 10.2. The van der Waals surface area contributed by atoms with E-state index >= 15 is 0 Å². The minimum absolute atomic E-state index is 0.128. The molecule has 5 nitrogen and oxygen atoms in total. The minimum atomic E-state index is -3.58. The monoisotopic (exact) mass is 373 g/mol. The van der Waals surface area contributed by atoms with Crippen molar-refractivity contribution in [2.45, 2.75) is 28.3 Å². The third kappa shape index (κ3) is 6.00. The molecule has 0 radical (unpaired) electrons. The van der Waals surface area contributed by atoms with E-state index in [1.807, 2.05) is 12.2 Å². The summed E-state index contributed by atoms with van der Waals surface area (Å²) in [7, 11) is -3.58. The van der Waals surface area contributed by atoms with Crippen LogP contribution in [0.2, 0.25) is 0 Å². The number of halogens is 3. The van der Waals surface area contributed by atoms with Gasteiger partial charge in [-0.05, 0) is 19.1 Å². The Labute approximate surface area is 138 Å². The first-order valence-corrected chi connectivity index (χ1v) is 8.64. The molecule has 1 aromatic carbocycles. The number of benzene rings is 1. The van der Waals surface area contributed by atoms with Crippen LogP contribution in [0.25, 0.3) is 0 Å². The average molecular weight is 375 g/mol. The van der Waals surface area contributed by atoms with Crippen molar-refractivity contribution in [3.63, 3.8) is 0 Å². The number of carbonyl (C=O) groups is 1. The topological polar surface area (TPSA) is 83.5 Å². The smallest absolute Gasteiger partial charge is 0.234 e. The summed E-state index contributed by atoms with van der Waals surface area (Å²) in [5, 5.41) is 11.4. The van der Waals surface area contributed by atoms with Crippen LogP contribution in [0.3, 0.4) is 0 Å². The van der Waals surface area contributed by atoms with Crippen molar-refractivity contribution in [3.05, 3.63) is 29.8 Å². The van der Waals surface area contributed by atoms with E-state index in [9.17, 15) is 18.3 Å². The highest BCUT2D eigenvalue weighted by molar-refractivity contribution is 7.91. The lowest BCUT2D eigenvalue weighted by Gasteiger charge is -2.19. The van der Waals surface area contributed by atoms with Crippen LogP contribution >= 0.6 is 34.8 Å². The Balaban J connectivity index is 2.62. The van der Waals surface area contributed by atoms with Crippen molar-refractivity contribution in [2.24, 2.45) is 0 Å². The van der Waals surface area contributed by atoms with Gasteiger partial charge in [-0.3, -0.25) is 4.79 Å². The zero-order chi connectivity index (χ0) is 16.3. The third-order valence-electron chi connectivity index (χ3n) is 2.59. The van der Waals surface area contributed by atoms with Gasteiger partial charge in [0.2, 0.25) is 9.70 Å². The lowest BCUT2D eigenvalue weighted by Crippen LogP contribution is -2.43. The highest BCUT2D eigenvalue weighted by Gasteiger charge is 2.32. The number of amides is 1. The molecule has 9 heteroatoms. The number of sulfone groups is 1. The molecule has 1 atom stereocenters. The van der Waals surface area contributed by atoms with Gasteiger partial charge in [-0.25, -0.2) is 8.42 Å². The molecule has 0 saturated heterocycles. The van der Waals surface area contributed by atoms with Crippen LogP contribution in [0.4, 0.5) is 0 Å². The quantitative estimate of drug-likeness (QED) is 0.609. The third-order valence-corrected chi connectivity index (χ3v) is 4.94. The normalized spacial score (nSPS) is 13.8. The van der Waals surface area contributed by atoms with Gasteiger partial charge in [0, 0.05) is 6.42 Å². The Kier molecular flexibility index (Phi) is 6.31. The Hall–Kier alpha value is -0.530. The molecule has 0 spiro atoms. The molecule has 0 unspecified atom stereocenters. The van der Waals surface area contributed by atoms with E-state index in [4.69, 9.17) is 34.8 Å². The summed E-state index contributed by atoms with van der Waals surface area (Å²) in [5.74, 6) is -1.14. The van der Waals surface area contributed by atoms with Gasteiger partial charge in [0.1, 0.15) is 0 Å². The van der Waals surface area contributed by atoms with Gasteiger partial charge in [0.25, 0.3) is 0 Å². The maximum absolute atomic E-state index is 12.0. The van der Waals surface area contributed by atoms with Crippen molar-refractivity contribution in [2.75, 3.05) is 5.75 Å². The van der Waals surface area contributed by atoms with Gasteiger partial charge in [-0.15, -0.1) is 0 Å². The molecule has 0 aliphatic rings. The number of aliphatic hydroxyl groups is 1. The maximum atomic E-state index is 12.0. The van der Waals surface area contributed by atoms with Crippen LogP contribution < -0.4 is 5.32 Å². The Morgan fingerprint density at radius 2 is 1.81 bits per heavy atom. The molecule has 2 N–H and O–H groups in total. The summed E-state index contributed by atoms with van der Waals surface area (Å²) in [6, 6.07) is 6.27. The maximum Gasteiger partial charge on any atom is 0.234 e. The molecule has 1 amide bonds. The Morgan fingerprint density at radius 1 is 1.29 bits per heavy atom. The largest absolute Gasteiger partial charge is 0.369 e. The number of carbonyl (C=O) groups excluding carboxylic acids is 1. The van der Waals surface area contributed by atoms with Crippen LogP contribution in [-0.4, -0.2) is 35.2 Å². The average Bonchev–Trinajstić information content (AvgIpc) is 2.36. The highest BCUT2D eigenvalue weighted by atomic mass is 35.6. The van der Waals surface area contributed by atoms with E-state index in [-0.39, 0.29) is 11.3 Å². The molecule has 0 aliphatic carbocycles. The number of aliphatic hydroxyl groups excluding tert-OH is 1. The van der Waals surface area contributed by atoms with Gasteiger partial charge < -0.3 is 10.4 Å². The van der Waals surface area contributed by atoms with E-state index in [0.717, 1.165) is 5.56 Å².